The molecule has 1 unspecified atom stereocenters. The Kier molecular flexibility index (Phi) is 4.57. The van der Waals surface area contributed by atoms with Crippen molar-refractivity contribution >= 4 is 11.7 Å². The van der Waals surface area contributed by atoms with Gasteiger partial charge in [0.25, 0.3) is 5.91 Å². The minimum atomic E-state index is -0.314. The molecule has 4 heterocycles. The van der Waals surface area contributed by atoms with E-state index in [4.69, 9.17) is 14.5 Å². The van der Waals surface area contributed by atoms with Gasteiger partial charge in [-0.05, 0) is 12.1 Å². The molecular weight excluding hydrogens is 324 g/mol. The van der Waals surface area contributed by atoms with Crippen molar-refractivity contribution in [2.45, 2.75) is 6.04 Å². The van der Waals surface area contributed by atoms with Crippen molar-refractivity contribution in [1.82, 2.24) is 25.1 Å². The number of anilines is 1. The van der Waals surface area contributed by atoms with Crippen LogP contribution in [0, 0.1) is 0 Å². The first-order chi connectivity index (χ1) is 12.3. The number of nitrogens with zero attached hydrogens (tertiary/aromatic N) is 5. The molecule has 0 radical (unpaired) electrons. The monoisotopic (exact) mass is 344 g/mol. The third-order valence-electron chi connectivity index (χ3n) is 4.41. The predicted octanol–water partition coefficient (Wildman–Crippen LogP) is 0.250. The molecule has 132 valence electrons. The fourth-order valence-electron chi connectivity index (χ4n) is 3.08. The van der Waals surface area contributed by atoms with Crippen LogP contribution in [0.1, 0.15) is 22.4 Å². The second kappa shape index (κ2) is 7.16. The average Bonchev–Trinajstić information content (AvgIpc) is 3.23. The van der Waals surface area contributed by atoms with Crippen LogP contribution in [0.15, 0.2) is 24.5 Å². The van der Waals surface area contributed by atoms with Crippen LogP contribution in [0.5, 0.6) is 0 Å². The number of aromatic amines is 1. The largest absolute Gasteiger partial charge is 0.378 e. The van der Waals surface area contributed by atoms with E-state index in [0.29, 0.717) is 44.5 Å². The summed E-state index contributed by atoms with van der Waals surface area (Å²) in [7, 11) is 0. The molecule has 0 bridgehead atoms. The summed E-state index contributed by atoms with van der Waals surface area (Å²) in [5.41, 5.74) is 0.455. The maximum absolute atomic E-state index is 12.7. The van der Waals surface area contributed by atoms with E-state index in [1.165, 1.54) is 0 Å². The standard InChI is InChI=1S/C16H20N6O3/c23-16(12-1-4-18-20-12)22-7-10-25-11-13(22)15-17-3-2-14(19-15)21-5-8-24-9-6-21/h1-4,13H,5-11H2,(H,18,20). The predicted molar refractivity (Wildman–Crippen MR) is 88.2 cm³/mol. The Bertz CT molecular complexity index is 716. The Balaban J connectivity index is 1.59. The lowest BCUT2D eigenvalue weighted by Gasteiger charge is -2.35. The Morgan fingerprint density at radius 3 is 2.76 bits per heavy atom. The minimum absolute atomic E-state index is 0.119. The Hall–Kier alpha value is -2.52. The van der Waals surface area contributed by atoms with E-state index in [1.807, 2.05) is 6.07 Å². The van der Waals surface area contributed by atoms with E-state index in [9.17, 15) is 4.79 Å². The quantitative estimate of drug-likeness (QED) is 0.852. The van der Waals surface area contributed by atoms with Crippen LogP contribution in [0.25, 0.3) is 0 Å². The molecule has 9 nitrogen and oxygen atoms in total. The Morgan fingerprint density at radius 1 is 1.12 bits per heavy atom. The molecular formula is C16H20N6O3. The lowest BCUT2D eigenvalue weighted by molar-refractivity contribution is -0.00552. The van der Waals surface area contributed by atoms with Crippen LogP contribution in [-0.2, 0) is 9.47 Å². The van der Waals surface area contributed by atoms with Crippen LogP contribution >= 0.6 is 0 Å². The second-order valence-electron chi connectivity index (χ2n) is 5.93. The van der Waals surface area contributed by atoms with Gasteiger partial charge in [0.05, 0.1) is 26.4 Å². The first kappa shape index (κ1) is 16.0. The third kappa shape index (κ3) is 3.33. The van der Waals surface area contributed by atoms with Crippen LogP contribution < -0.4 is 4.90 Å². The highest BCUT2D eigenvalue weighted by atomic mass is 16.5. The first-order valence-corrected chi connectivity index (χ1v) is 8.36. The number of aromatic nitrogens is 4. The zero-order chi connectivity index (χ0) is 17.1. The topological polar surface area (TPSA) is 96.5 Å². The fourth-order valence-corrected chi connectivity index (χ4v) is 3.08. The molecule has 0 saturated carbocycles. The minimum Gasteiger partial charge on any atom is -0.378 e. The molecule has 2 saturated heterocycles. The van der Waals surface area contributed by atoms with Crippen molar-refractivity contribution in [1.29, 1.82) is 0 Å². The number of hydrogen-bond donors (Lipinski definition) is 1. The highest BCUT2D eigenvalue weighted by Crippen LogP contribution is 2.24. The van der Waals surface area contributed by atoms with Crippen LogP contribution in [-0.4, -0.2) is 77.0 Å². The summed E-state index contributed by atoms with van der Waals surface area (Å²) >= 11 is 0. The van der Waals surface area contributed by atoms with E-state index in [1.54, 1.807) is 23.4 Å². The van der Waals surface area contributed by atoms with Crippen molar-refractivity contribution in [2.24, 2.45) is 0 Å². The molecule has 1 amide bonds. The third-order valence-corrected chi connectivity index (χ3v) is 4.41. The SMILES string of the molecule is O=C(c1ccn[nH]1)N1CCOCC1c1nccc(N2CCOCC2)n1. The average molecular weight is 344 g/mol. The summed E-state index contributed by atoms with van der Waals surface area (Å²) in [6.07, 6.45) is 3.30. The number of nitrogens with one attached hydrogen (secondary N) is 1. The van der Waals surface area contributed by atoms with E-state index in [0.717, 1.165) is 18.9 Å². The molecule has 1 atom stereocenters. The zero-order valence-corrected chi connectivity index (χ0v) is 13.8. The van der Waals surface area contributed by atoms with Gasteiger partial charge in [0.15, 0.2) is 5.82 Å². The van der Waals surface area contributed by atoms with E-state index >= 15 is 0 Å². The zero-order valence-electron chi connectivity index (χ0n) is 13.8. The Labute approximate surface area is 145 Å². The summed E-state index contributed by atoms with van der Waals surface area (Å²) in [6, 6.07) is 3.24. The number of amides is 1. The molecule has 4 rings (SSSR count). The number of hydrogen-bond acceptors (Lipinski definition) is 7. The number of carbonyl (C=O) groups is 1. The smallest absolute Gasteiger partial charge is 0.272 e. The fraction of sp³-hybridized carbons (Fsp3) is 0.500. The number of rotatable bonds is 3. The molecule has 9 heteroatoms. The van der Waals surface area contributed by atoms with Gasteiger partial charge < -0.3 is 19.3 Å². The van der Waals surface area contributed by atoms with E-state index in [-0.39, 0.29) is 11.9 Å². The lowest BCUT2D eigenvalue weighted by Crippen LogP contribution is -2.44. The first-order valence-electron chi connectivity index (χ1n) is 8.36. The van der Waals surface area contributed by atoms with Crippen LogP contribution in [0.2, 0.25) is 0 Å². The number of ether oxygens (including phenoxy) is 2. The van der Waals surface area contributed by atoms with E-state index < -0.39 is 0 Å². The van der Waals surface area contributed by atoms with Crippen molar-refractivity contribution in [3.8, 4) is 0 Å². The van der Waals surface area contributed by atoms with Crippen LogP contribution in [0.4, 0.5) is 5.82 Å². The highest BCUT2D eigenvalue weighted by Gasteiger charge is 2.32. The molecule has 2 aliphatic rings. The van der Waals surface area contributed by atoms with Crippen molar-refractivity contribution < 1.29 is 14.3 Å². The normalized spacial score (nSPS) is 21.4. The van der Waals surface area contributed by atoms with Crippen molar-refractivity contribution in [3.63, 3.8) is 0 Å². The molecule has 2 aromatic heterocycles. The van der Waals surface area contributed by atoms with Crippen molar-refractivity contribution in [2.75, 3.05) is 51.0 Å². The van der Waals surface area contributed by atoms with E-state index in [2.05, 4.69) is 20.1 Å². The number of H-pyrrole nitrogens is 1. The van der Waals surface area contributed by atoms with Gasteiger partial charge in [-0.1, -0.05) is 0 Å². The lowest BCUT2D eigenvalue weighted by atomic mass is 10.2. The van der Waals surface area contributed by atoms with Crippen molar-refractivity contribution in [3.05, 3.63) is 36.0 Å². The molecule has 2 aliphatic heterocycles. The maximum atomic E-state index is 12.7. The highest BCUT2D eigenvalue weighted by molar-refractivity contribution is 5.92. The van der Waals surface area contributed by atoms with Gasteiger partial charge in [-0.3, -0.25) is 9.89 Å². The van der Waals surface area contributed by atoms with Gasteiger partial charge in [-0.15, -0.1) is 0 Å². The van der Waals surface area contributed by atoms with Crippen LogP contribution in [0.3, 0.4) is 0 Å². The molecule has 0 spiro atoms. The van der Waals surface area contributed by atoms with Gasteiger partial charge in [0.2, 0.25) is 0 Å². The Morgan fingerprint density at radius 2 is 1.96 bits per heavy atom. The van der Waals surface area contributed by atoms with Gasteiger partial charge >= 0.3 is 0 Å². The van der Waals surface area contributed by atoms with Gasteiger partial charge in [-0.2, -0.15) is 5.10 Å². The molecule has 0 aliphatic carbocycles. The van der Waals surface area contributed by atoms with Gasteiger partial charge in [-0.25, -0.2) is 9.97 Å². The van der Waals surface area contributed by atoms with Gasteiger partial charge in [0.1, 0.15) is 17.6 Å². The maximum Gasteiger partial charge on any atom is 0.272 e. The molecule has 2 aromatic rings. The number of carbonyl (C=O) groups excluding carboxylic acids is 1. The van der Waals surface area contributed by atoms with Gasteiger partial charge in [0, 0.05) is 32.0 Å². The summed E-state index contributed by atoms with van der Waals surface area (Å²) in [5.74, 6) is 1.33. The molecule has 25 heavy (non-hydrogen) atoms. The summed E-state index contributed by atoms with van der Waals surface area (Å²) in [5, 5.41) is 6.58. The summed E-state index contributed by atoms with van der Waals surface area (Å²) in [6.45, 7) is 4.36. The second-order valence-corrected chi connectivity index (χ2v) is 5.93. The summed E-state index contributed by atoms with van der Waals surface area (Å²) < 4.78 is 11.0. The molecule has 2 fully saturated rings. The molecule has 1 N–H and O–H groups in total. The number of morpholine rings is 2. The molecule has 0 aromatic carbocycles. The summed E-state index contributed by atoms with van der Waals surface area (Å²) in [4.78, 5) is 25.8.